The van der Waals surface area contributed by atoms with Crippen molar-refractivity contribution in [2.45, 2.75) is 59.1 Å². The van der Waals surface area contributed by atoms with E-state index < -0.39 is 17.7 Å². The first-order valence-corrected chi connectivity index (χ1v) is 6.89. The van der Waals surface area contributed by atoms with Crippen molar-refractivity contribution >= 4 is 11.9 Å². The molecule has 0 rings (SSSR count). The van der Waals surface area contributed by atoms with E-state index in [9.17, 15) is 9.59 Å². The highest BCUT2D eigenvalue weighted by Crippen LogP contribution is 2.07. The summed E-state index contributed by atoms with van der Waals surface area (Å²) in [6, 6.07) is -0.530. The predicted molar refractivity (Wildman–Crippen MR) is 80.5 cm³/mol. The van der Waals surface area contributed by atoms with Crippen LogP contribution in [-0.4, -0.2) is 42.5 Å². The topological polar surface area (TPSA) is 58.6 Å². The number of alkyl carbamates (subject to hydrolysis) is 1. The lowest BCUT2D eigenvalue weighted by atomic mass is 10.1. The number of ketones is 1. The predicted octanol–water partition coefficient (Wildman–Crippen LogP) is 2.71. The van der Waals surface area contributed by atoms with Crippen LogP contribution in [0.2, 0.25) is 0 Å². The second kappa shape index (κ2) is 7.92. The molecule has 1 atom stereocenters. The first-order chi connectivity index (χ1) is 9.03. The van der Waals surface area contributed by atoms with Gasteiger partial charge < -0.3 is 15.0 Å². The molecular formula is C15H28N2O3. The zero-order chi connectivity index (χ0) is 15.9. The molecule has 0 radical (unpaired) electrons. The van der Waals surface area contributed by atoms with Crippen molar-refractivity contribution in [2.24, 2.45) is 0 Å². The van der Waals surface area contributed by atoms with Gasteiger partial charge in [0, 0.05) is 26.2 Å². The Morgan fingerprint density at radius 1 is 1.30 bits per heavy atom. The highest BCUT2D eigenvalue weighted by Gasteiger charge is 2.20. The van der Waals surface area contributed by atoms with Crippen molar-refractivity contribution in [2.75, 3.05) is 14.1 Å². The molecule has 0 bridgehead atoms. The van der Waals surface area contributed by atoms with E-state index in [-0.39, 0.29) is 5.78 Å². The maximum atomic E-state index is 11.9. The molecule has 0 aromatic carbocycles. The third-order valence-electron chi connectivity index (χ3n) is 2.75. The molecule has 0 aromatic rings. The normalized spacial score (nSPS) is 13.7. The van der Waals surface area contributed by atoms with Crippen molar-refractivity contribution in [3.05, 3.63) is 11.8 Å². The van der Waals surface area contributed by atoms with Gasteiger partial charge in [-0.05, 0) is 41.0 Å². The fourth-order valence-corrected chi connectivity index (χ4v) is 1.39. The SMILES string of the molecule is C/C(=C/CCC(=O)[C@H](C)NC(=O)OC(C)(C)C)N(C)C. The van der Waals surface area contributed by atoms with E-state index in [4.69, 9.17) is 4.74 Å². The Labute approximate surface area is 122 Å². The molecule has 0 aliphatic carbocycles. The van der Waals surface area contributed by atoms with Gasteiger partial charge in [-0.25, -0.2) is 4.79 Å². The van der Waals surface area contributed by atoms with Crippen LogP contribution in [0.25, 0.3) is 0 Å². The van der Waals surface area contributed by atoms with Crippen LogP contribution >= 0.6 is 0 Å². The van der Waals surface area contributed by atoms with E-state index >= 15 is 0 Å². The van der Waals surface area contributed by atoms with Gasteiger partial charge in [-0.2, -0.15) is 0 Å². The summed E-state index contributed by atoms with van der Waals surface area (Å²) in [6.07, 6.45) is 2.53. The molecule has 20 heavy (non-hydrogen) atoms. The number of ether oxygens (including phenoxy) is 1. The summed E-state index contributed by atoms with van der Waals surface area (Å²) >= 11 is 0. The van der Waals surface area contributed by atoms with E-state index in [1.165, 1.54) is 0 Å². The number of rotatable bonds is 6. The highest BCUT2D eigenvalue weighted by atomic mass is 16.6. The summed E-state index contributed by atoms with van der Waals surface area (Å²) < 4.78 is 5.11. The van der Waals surface area contributed by atoms with Crippen molar-refractivity contribution < 1.29 is 14.3 Å². The summed E-state index contributed by atoms with van der Waals surface area (Å²) in [7, 11) is 3.92. The van der Waals surface area contributed by atoms with Gasteiger partial charge in [0.05, 0.1) is 6.04 Å². The first-order valence-electron chi connectivity index (χ1n) is 6.89. The van der Waals surface area contributed by atoms with Gasteiger partial charge in [0.1, 0.15) is 5.60 Å². The van der Waals surface area contributed by atoms with Gasteiger partial charge in [-0.15, -0.1) is 0 Å². The molecule has 0 saturated carbocycles. The second-order valence-electron chi connectivity index (χ2n) is 6.11. The number of hydrogen-bond acceptors (Lipinski definition) is 4. The van der Waals surface area contributed by atoms with Crippen molar-refractivity contribution in [3.8, 4) is 0 Å². The average Bonchev–Trinajstić information content (AvgIpc) is 2.25. The fourth-order valence-electron chi connectivity index (χ4n) is 1.39. The van der Waals surface area contributed by atoms with E-state index in [0.29, 0.717) is 12.8 Å². The Balaban J connectivity index is 4.17. The summed E-state index contributed by atoms with van der Waals surface area (Å²) in [5.41, 5.74) is 0.559. The molecule has 0 fully saturated rings. The number of hydrogen-bond donors (Lipinski definition) is 1. The van der Waals surface area contributed by atoms with E-state index in [1.807, 2.05) is 32.0 Å². The standard InChI is InChI=1S/C15H28N2O3/c1-11(17(6)7)9-8-10-13(18)12(2)16-14(19)20-15(3,4)5/h9,12H,8,10H2,1-7H3,(H,16,19)/b11-9-/t12-/m0/s1. The van der Waals surface area contributed by atoms with Crippen LogP contribution < -0.4 is 5.32 Å². The van der Waals surface area contributed by atoms with Gasteiger partial charge in [0.25, 0.3) is 0 Å². The minimum atomic E-state index is -0.557. The molecule has 0 spiro atoms. The Kier molecular flexibility index (Phi) is 7.32. The number of carbonyl (C=O) groups excluding carboxylic acids is 2. The van der Waals surface area contributed by atoms with Gasteiger partial charge in [0.15, 0.2) is 5.78 Å². The smallest absolute Gasteiger partial charge is 0.408 e. The van der Waals surface area contributed by atoms with E-state index in [2.05, 4.69) is 5.32 Å². The number of amides is 1. The third kappa shape index (κ3) is 8.56. The molecule has 1 N–H and O–H groups in total. The van der Waals surface area contributed by atoms with Crippen LogP contribution in [-0.2, 0) is 9.53 Å². The molecule has 0 heterocycles. The van der Waals surface area contributed by atoms with Gasteiger partial charge in [-0.3, -0.25) is 4.79 Å². The number of carbonyl (C=O) groups is 2. The maximum absolute atomic E-state index is 11.9. The minimum absolute atomic E-state index is 0.00124. The van der Waals surface area contributed by atoms with Crippen LogP contribution in [0.5, 0.6) is 0 Å². The summed E-state index contributed by atoms with van der Waals surface area (Å²) in [5, 5.41) is 2.56. The molecule has 5 nitrogen and oxygen atoms in total. The Hall–Kier alpha value is -1.52. The fraction of sp³-hybridized carbons (Fsp3) is 0.733. The molecule has 116 valence electrons. The van der Waals surface area contributed by atoms with Crippen LogP contribution in [0.4, 0.5) is 4.79 Å². The van der Waals surface area contributed by atoms with Gasteiger partial charge in [0.2, 0.25) is 0 Å². The molecular weight excluding hydrogens is 256 g/mol. The first kappa shape index (κ1) is 18.5. The highest BCUT2D eigenvalue weighted by molar-refractivity contribution is 5.87. The van der Waals surface area contributed by atoms with Crippen LogP contribution in [0.15, 0.2) is 11.8 Å². The number of Topliss-reactive ketones (excluding diaryl/α,β-unsaturated/α-hetero) is 1. The monoisotopic (exact) mass is 284 g/mol. The van der Waals surface area contributed by atoms with Crippen LogP contribution in [0.3, 0.4) is 0 Å². The van der Waals surface area contributed by atoms with Crippen molar-refractivity contribution in [3.63, 3.8) is 0 Å². The summed E-state index contributed by atoms with van der Waals surface area (Å²) in [5.74, 6) is -0.00124. The van der Waals surface area contributed by atoms with E-state index in [0.717, 1.165) is 5.70 Å². The van der Waals surface area contributed by atoms with Crippen LogP contribution in [0.1, 0.15) is 47.5 Å². The molecule has 0 aliphatic heterocycles. The molecule has 5 heteroatoms. The lowest BCUT2D eigenvalue weighted by molar-refractivity contribution is -0.120. The Bertz CT molecular complexity index is 368. The summed E-state index contributed by atoms with van der Waals surface area (Å²) in [4.78, 5) is 25.4. The lowest BCUT2D eigenvalue weighted by Gasteiger charge is -2.21. The van der Waals surface area contributed by atoms with Crippen LogP contribution in [0, 0.1) is 0 Å². The number of allylic oxidation sites excluding steroid dienone is 2. The van der Waals surface area contributed by atoms with Gasteiger partial charge in [-0.1, -0.05) is 6.08 Å². The summed E-state index contributed by atoms with van der Waals surface area (Å²) in [6.45, 7) is 9.03. The zero-order valence-electron chi connectivity index (χ0n) is 13.7. The van der Waals surface area contributed by atoms with Crippen molar-refractivity contribution in [1.82, 2.24) is 10.2 Å². The maximum Gasteiger partial charge on any atom is 0.408 e. The van der Waals surface area contributed by atoms with Gasteiger partial charge >= 0.3 is 6.09 Å². The molecule has 0 aliphatic rings. The Morgan fingerprint density at radius 3 is 2.30 bits per heavy atom. The third-order valence-corrected chi connectivity index (χ3v) is 2.75. The Morgan fingerprint density at radius 2 is 1.85 bits per heavy atom. The molecule has 1 amide bonds. The quantitative estimate of drug-likeness (QED) is 0.814. The number of nitrogens with zero attached hydrogens (tertiary/aromatic N) is 1. The molecule has 0 unspecified atom stereocenters. The number of nitrogens with one attached hydrogen (secondary N) is 1. The van der Waals surface area contributed by atoms with Crippen molar-refractivity contribution in [1.29, 1.82) is 0 Å². The molecule has 0 aromatic heterocycles. The van der Waals surface area contributed by atoms with E-state index in [1.54, 1.807) is 27.7 Å². The molecule has 0 saturated heterocycles. The minimum Gasteiger partial charge on any atom is -0.444 e. The second-order valence-corrected chi connectivity index (χ2v) is 6.11. The average molecular weight is 284 g/mol. The lowest BCUT2D eigenvalue weighted by Crippen LogP contribution is -2.41. The zero-order valence-corrected chi connectivity index (χ0v) is 13.7. The largest absolute Gasteiger partial charge is 0.444 e.